The molecule has 29 heavy (non-hydrogen) atoms. The zero-order chi connectivity index (χ0) is 21.0. The van der Waals surface area contributed by atoms with E-state index in [9.17, 15) is 9.59 Å². The van der Waals surface area contributed by atoms with Crippen LogP contribution in [0.15, 0.2) is 42.5 Å². The van der Waals surface area contributed by atoms with E-state index in [4.69, 9.17) is 11.6 Å². The summed E-state index contributed by atoms with van der Waals surface area (Å²) >= 11 is 7.52. The number of rotatable bonds is 5. The minimum Gasteiger partial charge on any atom is -0.347 e. The van der Waals surface area contributed by atoms with E-state index in [0.717, 1.165) is 32.3 Å². The van der Waals surface area contributed by atoms with Crippen LogP contribution in [0.25, 0.3) is 10.6 Å². The summed E-state index contributed by atoms with van der Waals surface area (Å²) in [5.41, 5.74) is 4.51. The summed E-state index contributed by atoms with van der Waals surface area (Å²) < 4.78 is 0. The number of aryl methyl sites for hydroxylation is 3. The van der Waals surface area contributed by atoms with Gasteiger partial charge in [-0.25, -0.2) is 4.98 Å². The Labute approximate surface area is 179 Å². The van der Waals surface area contributed by atoms with Gasteiger partial charge in [0.25, 0.3) is 0 Å². The Hall–Kier alpha value is -2.70. The summed E-state index contributed by atoms with van der Waals surface area (Å²) in [6.45, 7) is 6.13. The second kappa shape index (κ2) is 9.20. The fraction of sp³-hybridized carbons (Fsp3) is 0.227. The molecule has 0 fully saturated rings. The van der Waals surface area contributed by atoms with Gasteiger partial charge in [-0.15, -0.1) is 11.3 Å². The Balaban J connectivity index is 1.55. The molecule has 3 aromatic rings. The zero-order valence-corrected chi connectivity index (χ0v) is 18.1. The molecule has 2 N–H and O–H groups in total. The lowest BCUT2D eigenvalue weighted by atomic mass is 10.1. The molecule has 0 aliphatic rings. The highest BCUT2D eigenvalue weighted by Crippen LogP contribution is 2.29. The Kier molecular flexibility index (Phi) is 6.67. The standard InChI is InChI=1S/C22H22ClN3O2S/c1-13-4-5-14(2)18(12-13)26-21(28)20(27)24-11-10-19-15(3)25-22(29-19)16-6-8-17(23)9-7-16/h4-9,12H,10-11H2,1-3H3,(H,24,27)(H,26,28). The van der Waals surface area contributed by atoms with E-state index in [1.165, 1.54) is 0 Å². The third kappa shape index (κ3) is 5.43. The molecule has 0 radical (unpaired) electrons. The SMILES string of the molecule is Cc1ccc(C)c(NC(=O)C(=O)NCCc2sc(-c3ccc(Cl)cc3)nc2C)c1. The predicted octanol–water partition coefficient (Wildman–Crippen LogP) is 4.69. The number of hydrogen-bond donors (Lipinski definition) is 2. The Morgan fingerprint density at radius 1 is 1.03 bits per heavy atom. The number of halogens is 1. The molecule has 5 nitrogen and oxygen atoms in total. The van der Waals surface area contributed by atoms with Crippen LogP contribution in [0, 0.1) is 20.8 Å². The van der Waals surface area contributed by atoms with Crippen molar-refractivity contribution in [2.24, 2.45) is 0 Å². The summed E-state index contributed by atoms with van der Waals surface area (Å²) in [6, 6.07) is 13.3. The lowest BCUT2D eigenvalue weighted by Gasteiger charge is -2.09. The highest BCUT2D eigenvalue weighted by Gasteiger charge is 2.15. The van der Waals surface area contributed by atoms with Crippen molar-refractivity contribution in [2.45, 2.75) is 27.2 Å². The molecular weight excluding hydrogens is 406 g/mol. The Bertz CT molecular complexity index is 1040. The van der Waals surface area contributed by atoms with Crippen LogP contribution in [0.4, 0.5) is 5.69 Å². The fourth-order valence-electron chi connectivity index (χ4n) is 2.80. The number of amides is 2. The van der Waals surface area contributed by atoms with E-state index in [1.807, 2.05) is 63.2 Å². The number of nitrogens with zero attached hydrogens (tertiary/aromatic N) is 1. The topological polar surface area (TPSA) is 71.1 Å². The van der Waals surface area contributed by atoms with Gasteiger partial charge in [0.05, 0.1) is 5.69 Å². The minimum absolute atomic E-state index is 0.363. The normalized spacial score (nSPS) is 10.6. The van der Waals surface area contributed by atoms with Crippen molar-refractivity contribution < 1.29 is 9.59 Å². The first-order chi connectivity index (χ1) is 13.8. The molecule has 0 saturated heterocycles. The summed E-state index contributed by atoms with van der Waals surface area (Å²) in [5.74, 6) is -1.31. The number of thiazole rings is 1. The minimum atomic E-state index is -0.665. The van der Waals surface area contributed by atoms with E-state index in [-0.39, 0.29) is 0 Å². The Morgan fingerprint density at radius 2 is 1.76 bits per heavy atom. The van der Waals surface area contributed by atoms with Gasteiger partial charge in [-0.2, -0.15) is 0 Å². The van der Waals surface area contributed by atoms with Crippen LogP contribution in [-0.4, -0.2) is 23.3 Å². The number of aromatic nitrogens is 1. The highest BCUT2D eigenvalue weighted by atomic mass is 35.5. The van der Waals surface area contributed by atoms with Crippen molar-refractivity contribution in [1.82, 2.24) is 10.3 Å². The van der Waals surface area contributed by atoms with Crippen LogP contribution in [0.3, 0.4) is 0 Å². The number of carbonyl (C=O) groups excluding carboxylic acids is 2. The predicted molar refractivity (Wildman–Crippen MR) is 119 cm³/mol. The van der Waals surface area contributed by atoms with E-state index in [1.54, 1.807) is 11.3 Å². The highest BCUT2D eigenvalue weighted by molar-refractivity contribution is 7.15. The van der Waals surface area contributed by atoms with Crippen LogP contribution in [-0.2, 0) is 16.0 Å². The molecule has 0 atom stereocenters. The first-order valence-corrected chi connectivity index (χ1v) is 10.4. The second-order valence-electron chi connectivity index (χ2n) is 6.81. The second-order valence-corrected chi connectivity index (χ2v) is 8.33. The van der Waals surface area contributed by atoms with Crippen LogP contribution >= 0.6 is 22.9 Å². The van der Waals surface area contributed by atoms with Crippen LogP contribution in [0.5, 0.6) is 0 Å². The van der Waals surface area contributed by atoms with Gasteiger partial charge in [0.2, 0.25) is 0 Å². The molecule has 0 spiro atoms. The van der Waals surface area contributed by atoms with E-state index in [0.29, 0.717) is 23.7 Å². The maximum atomic E-state index is 12.2. The molecular formula is C22H22ClN3O2S. The van der Waals surface area contributed by atoms with Gasteiger partial charge in [-0.3, -0.25) is 9.59 Å². The lowest BCUT2D eigenvalue weighted by molar-refractivity contribution is -0.136. The van der Waals surface area contributed by atoms with E-state index >= 15 is 0 Å². The summed E-state index contributed by atoms with van der Waals surface area (Å²) in [5, 5.41) is 6.94. The largest absolute Gasteiger partial charge is 0.347 e. The molecule has 7 heteroatoms. The van der Waals surface area contributed by atoms with Crippen LogP contribution in [0.1, 0.15) is 21.7 Å². The number of anilines is 1. The van der Waals surface area contributed by atoms with Crippen molar-refractivity contribution in [3.63, 3.8) is 0 Å². The van der Waals surface area contributed by atoms with Gasteiger partial charge < -0.3 is 10.6 Å². The molecule has 0 bridgehead atoms. The maximum Gasteiger partial charge on any atom is 0.313 e. The third-order valence-corrected chi connectivity index (χ3v) is 5.99. The number of hydrogen-bond acceptors (Lipinski definition) is 4. The zero-order valence-electron chi connectivity index (χ0n) is 16.5. The van der Waals surface area contributed by atoms with Crippen molar-refractivity contribution >= 4 is 40.4 Å². The molecule has 2 aromatic carbocycles. The Morgan fingerprint density at radius 3 is 2.48 bits per heavy atom. The van der Waals surface area contributed by atoms with Gasteiger partial charge >= 0.3 is 11.8 Å². The summed E-state index contributed by atoms with van der Waals surface area (Å²) in [4.78, 5) is 30.0. The third-order valence-electron chi connectivity index (χ3n) is 4.47. The quantitative estimate of drug-likeness (QED) is 0.580. The average Bonchev–Trinajstić information content (AvgIpc) is 3.05. The summed E-state index contributed by atoms with van der Waals surface area (Å²) in [7, 11) is 0. The molecule has 150 valence electrons. The fourth-order valence-corrected chi connectivity index (χ4v) is 3.99. The molecule has 1 aromatic heterocycles. The molecule has 2 amide bonds. The molecule has 0 aliphatic heterocycles. The molecule has 0 saturated carbocycles. The first kappa shape index (κ1) is 21.0. The maximum absolute atomic E-state index is 12.2. The van der Waals surface area contributed by atoms with Crippen LogP contribution < -0.4 is 10.6 Å². The molecule has 0 aliphatic carbocycles. The molecule has 0 unspecified atom stereocenters. The molecule has 1 heterocycles. The van der Waals surface area contributed by atoms with E-state index < -0.39 is 11.8 Å². The van der Waals surface area contributed by atoms with Gasteiger partial charge in [0, 0.05) is 34.1 Å². The van der Waals surface area contributed by atoms with Gasteiger partial charge in [0.1, 0.15) is 5.01 Å². The van der Waals surface area contributed by atoms with Crippen molar-refractivity contribution in [3.8, 4) is 10.6 Å². The summed E-state index contributed by atoms with van der Waals surface area (Å²) in [6.07, 6.45) is 0.611. The van der Waals surface area contributed by atoms with Crippen molar-refractivity contribution in [3.05, 3.63) is 69.2 Å². The van der Waals surface area contributed by atoms with Crippen molar-refractivity contribution in [1.29, 1.82) is 0 Å². The van der Waals surface area contributed by atoms with Gasteiger partial charge in [0.15, 0.2) is 0 Å². The number of benzene rings is 2. The monoisotopic (exact) mass is 427 g/mol. The van der Waals surface area contributed by atoms with Crippen molar-refractivity contribution in [2.75, 3.05) is 11.9 Å². The van der Waals surface area contributed by atoms with Crippen LogP contribution in [0.2, 0.25) is 5.02 Å². The number of nitrogens with one attached hydrogen (secondary N) is 2. The molecule has 3 rings (SSSR count). The lowest BCUT2D eigenvalue weighted by Crippen LogP contribution is -2.36. The first-order valence-electron chi connectivity index (χ1n) is 9.22. The average molecular weight is 428 g/mol. The van der Waals surface area contributed by atoms with Gasteiger partial charge in [-0.1, -0.05) is 35.9 Å². The van der Waals surface area contributed by atoms with Gasteiger partial charge in [-0.05, 0) is 50.1 Å². The number of carbonyl (C=O) groups is 2. The smallest absolute Gasteiger partial charge is 0.313 e. The van der Waals surface area contributed by atoms with E-state index in [2.05, 4.69) is 15.6 Å².